The number of aliphatic hydroxyl groups excluding tert-OH is 2. The lowest BCUT2D eigenvalue weighted by molar-refractivity contribution is -0.111. The van der Waals surface area contributed by atoms with Gasteiger partial charge in [-0.1, -0.05) is 24.3 Å². The number of H-pyrrole nitrogens is 1. The Morgan fingerprint density at radius 2 is 1.79 bits per heavy atom. The van der Waals surface area contributed by atoms with Crippen LogP contribution < -0.4 is 14.9 Å². The third-order valence-electron chi connectivity index (χ3n) is 5.81. The van der Waals surface area contributed by atoms with E-state index in [1.54, 1.807) is 19.9 Å². The van der Waals surface area contributed by atoms with Crippen LogP contribution in [-0.4, -0.2) is 34.0 Å². The minimum Gasteiger partial charge on any atom is -0.496 e. The molecule has 0 fully saturated rings. The number of hydrogen-bond acceptors (Lipinski definition) is 5. The molecule has 1 aliphatic rings. The largest absolute Gasteiger partial charge is 0.496 e. The fraction of sp³-hybridized carbons (Fsp3) is 0.261. The van der Waals surface area contributed by atoms with E-state index in [-0.39, 0.29) is 5.43 Å². The summed E-state index contributed by atoms with van der Waals surface area (Å²) in [6.45, 7) is 3.41. The molecule has 0 saturated carbocycles. The van der Waals surface area contributed by atoms with Gasteiger partial charge in [0.05, 0.1) is 23.5 Å². The van der Waals surface area contributed by atoms with Crippen molar-refractivity contribution in [2.75, 3.05) is 7.11 Å². The first kappa shape index (κ1) is 18.0. The van der Waals surface area contributed by atoms with Crippen LogP contribution in [-0.2, 0) is 0 Å². The molecule has 0 bridgehead atoms. The van der Waals surface area contributed by atoms with E-state index in [9.17, 15) is 15.0 Å². The number of ether oxygens (including phenoxy) is 2. The maximum absolute atomic E-state index is 13.4. The van der Waals surface area contributed by atoms with Crippen LogP contribution in [0.4, 0.5) is 0 Å². The molecular weight excluding hydrogens is 370 g/mol. The van der Waals surface area contributed by atoms with Crippen molar-refractivity contribution in [1.29, 1.82) is 0 Å². The predicted octanol–water partition coefficient (Wildman–Crippen LogP) is 3.41. The zero-order valence-electron chi connectivity index (χ0n) is 16.3. The van der Waals surface area contributed by atoms with Gasteiger partial charge in [-0.25, -0.2) is 0 Å². The standard InChI is InChI=1S/C23H21NO5/c1-23(2)22(27)21(26)18-16(29-23)10-15(28-3)17-19(18)24-14-9-12-7-5-4-6-11(12)8-13(14)20(17)25/h4-10,21-22,26-27H,1-3H3,(H,24,25)/t21-,22-/m1/s1. The van der Waals surface area contributed by atoms with Crippen LogP contribution in [0.3, 0.4) is 0 Å². The van der Waals surface area contributed by atoms with Gasteiger partial charge in [0.25, 0.3) is 0 Å². The summed E-state index contributed by atoms with van der Waals surface area (Å²) in [5.41, 5.74) is 0.223. The third-order valence-corrected chi connectivity index (χ3v) is 5.81. The van der Waals surface area contributed by atoms with Crippen molar-refractivity contribution in [3.05, 3.63) is 58.3 Å². The SMILES string of the molecule is COc1cc2c(c3[nH]c4cc5ccccc5cc4c(=O)c13)[C@@H](O)[C@@H](O)C(C)(C)O2. The van der Waals surface area contributed by atoms with E-state index in [0.29, 0.717) is 38.9 Å². The molecule has 0 unspecified atom stereocenters. The van der Waals surface area contributed by atoms with Gasteiger partial charge in [-0.3, -0.25) is 4.79 Å². The Hall–Kier alpha value is -3.09. The highest BCUT2D eigenvalue weighted by atomic mass is 16.5. The Morgan fingerprint density at radius 3 is 2.48 bits per heavy atom. The highest BCUT2D eigenvalue weighted by Gasteiger charge is 2.44. The highest BCUT2D eigenvalue weighted by Crippen LogP contribution is 2.45. The summed E-state index contributed by atoms with van der Waals surface area (Å²) in [5, 5.41) is 24.2. The maximum Gasteiger partial charge on any atom is 0.200 e. The van der Waals surface area contributed by atoms with Gasteiger partial charge in [0.15, 0.2) is 0 Å². The quantitative estimate of drug-likeness (QED) is 0.433. The number of rotatable bonds is 1. The second-order valence-electron chi connectivity index (χ2n) is 8.03. The fourth-order valence-corrected chi connectivity index (χ4v) is 4.23. The van der Waals surface area contributed by atoms with Crippen LogP contribution >= 0.6 is 0 Å². The number of hydrogen-bond donors (Lipinski definition) is 3. The molecule has 4 aromatic rings. The lowest BCUT2D eigenvalue weighted by Gasteiger charge is -2.40. The lowest BCUT2D eigenvalue weighted by Crippen LogP contribution is -2.48. The minimum atomic E-state index is -1.21. The van der Waals surface area contributed by atoms with Crippen molar-refractivity contribution in [1.82, 2.24) is 4.98 Å². The summed E-state index contributed by atoms with van der Waals surface area (Å²) in [6.07, 6.45) is -2.36. The Morgan fingerprint density at radius 1 is 1.10 bits per heavy atom. The van der Waals surface area contributed by atoms with Crippen molar-refractivity contribution in [2.45, 2.75) is 31.7 Å². The Kier molecular flexibility index (Phi) is 3.69. The summed E-state index contributed by atoms with van der Waals surface area (Å²) >= 11 is 0. The minimum absolute atomic E-state index is 0.203. The van der Waals surface area contributed by atoms with E-state index in [0.717, 1.165) is 10.8 Å². The third kappa shape index (κ3) is 2.46. The van der Waals surface area contributed by atoms with Crippen molar-refractivity contribution in [3.63, 3.8) is 0 Å². The second kappa shape index (κ2) is 5.95. The molecule has 0 saturated heterocycles. The van der Waals surface area contributed by atoms with Crippen LogP contribution in [0.5, 0.6) is 11.5 Å². The molecule has 3 N–H and O–H groups in total. The smallest absolute Gasteiger partial charge is 0.200 e. The van der Waals surface area contributed by atoms with Gasteiger partial charge in [-0.05, 0) is 36.8 Å². The fourth-order valence-electron chi connectivity index (χ4n) is 4.23. The van der Waals surface area contributed by atoms with E-state index in [2.05, 4.69) is 4.98 Å². The topological polar surface area (TPSA) is 91.8 Å². The molecule has 3 aromatic carbocycles. The number of aliphatic hydroxyl groups is 2. The summed E-state index contributed by atoms with van der Waals surface area (Å²) in [4.78, 5) is 16.7. The molecule has 6 heteroatoms. The van der Waals surface area contributed by atoms with Crippen molar-refractivity contribution < 1.29 is 19.7 Å². The second-order valence-corrected chi connectivity index (χ2v) is 8.03. The number of aromatic amines is 1. The molecule has 2 atom stereocenters. The molecule has 0 spiro atoms. The van der Waals surface area contributed by atoms with Crippen molar-refractivity contribution in [2.24, 2.45) is 0 Å². The molecule has 1 aliphatic heterocycles. The number of benzene rings is 3. The maximum atomic E-state index is 13.4. The van der Waals surface area contributed by atoms with Gasteiger partial charge in [0.1, 0.15) is 29.3 Å². The molecule has 0 radical (unpaired) electrons. The van der Waals surface area contributed by atoms with E-state index in [4.69, 9.17) is 9.47 Å². The van der Waals surface area contributed by atoms with Gasteiger partial charge < -0.3 is 24.7 Å². The molecule has 0 amide bonds. The molecule has 148 valence electrons. The Balaban J connectivity index is 1.95. The molecule has 1 aromatic heterocycles. The van der Waals surface area contributed by atoms with Gasteiger partial charge in [0, 0.05) is 17.0 Å². The molecule has 5 rings (SSSR count). The summed E-state index contributed by atoms with van der Waals surface area (Å²) in [6, 6.07) is 13.2. The summed E-state index contributed by atoms with van der Waals surface area (Å²) < 4.78 is 11.5. The zero-order chi connectivity index (χ0) is 20.5. The Labute approximate surface area is 166 Å². The van der Waals surface area contributed by atoms with Crippen LogP contribution in [0, 0.1) is 0 Å². The number of pyridine rings is 1. The lowest BCUT2D eigenvalue weighted by atomic mass is 9.87. The number of aromatic nitrogens is 1. The average Bonchev–Trinajstić information content (AvgIpc) is 2.70. The molecule has 0 aliphatic carbocycles. The van der Waals surface area contributed by atoms with Gasteiger partial charge in [-0.15, -0.1) is 0 Å². The van der Waals surface area contributed by atoms with Crippen LogP contribution in [0.25, 0.3) is 32.6 Å². The first-order valence-corrected chi connectivity index (χ1v) is 9.46. The van der Waals surface area contributed by atoms with Crippen molar-refractivity contribution >= 4 is 32.6 Å². The number of nitrogens with one attached hydrogen (secondary N) is 1. The molecule has 6 nitrogen and oxygen atoms in total. The van der Waals surface area contributed by atoms with E-state index < -0.39 is 17.8 Å². The molecular formula is C23H21NO5. The van der Waals surface area contributed by atoms with Crippen LogP contribution in [0.15, 0.2) is 47.3 Å². The van der Waals surface area contributed by atoms with Gasteiger partial charge >= 0.3 is 0 Å². The normalized spacial score (nSPS) is 20.6. The summed E-state index contributed by atoms with van der Waals surface area (Å²) in [7, 11) is 1.49. The molecule has 29 heavy (non-hydrogen) atoms. The zero-order valence-corrected chi connectivity index (χ0v) is 16.3. The Bertz CT molecular complexity index is 1350. The summed E-state index contributed by atoms with van der Waals surface area (Å²) in [5.74, 6) is 0.738. The molecule has 2 heterocycles. The van der Waals surface area contributed by atoms with E-state index >= 15 is 0 Å². The van der Waals surface area contributed by atoms with Gasteiger partial charge in [-0.2, -0.15) is 0 Å². The number of fused-ring (bicyclic) bond motifs is 5. The highest BCUT2D eigenvalue weighted by molar-refractivity contribution is 6.03. The monoisotopic (exact) mass is 391 g/mol. The van der Waals surface area contributed by atoms with Crippen LogP contribution in [0.1, 0.15) is 25.5 Å². The van der Waals surface area contributed by atoms with Crippen LogP contribution in [0.2, 0.25) is 0 Å². The van der Waals surface area contributed by atoms with Crippen molar-refractivity contribution in [3.8, 4) is 11.5 Å². The first-order valence-electron chi connectivity index (χ1n) is 9.46. The van der Waals surface area contributed by atoms with Gasteiger partial charge in [0.2, 0.25) is 5.43 Å². The van der Waals surface area contributed by atoms with E-state index in [1.807, 2.05) is 36.4 Å². The first-order chi connectivity index (χ1) is 13.8. The van der Waals surface area contributed by atoms with E-state index in [1.165, 1.54) is 7.11 Å². The number of methoxy groups -OCH3 is 1. The average molecular weight is 391 g/mol. The predicted molar refractivity (Wildman–Crippen MR) is 112 cm³/mol.